The Morgan fingerprint density at radius 1 is 1.06 bits per heavy atom. The molecule has 172 valence electrons. The first-order chi connectivity index (χ1) is 15.6. The van der Waals surface area contributed by atoms with Crippen molar-refractivity contribution in [3.8, 4) is 5.75 Å². The second-order valence-corrected chi connectivity index (χ2v) is 9.23. The highest BCUT2D eigenvalue weighted by molar-refractivity contribution is 5.91. The number of nitrogens with two attached hydrogens (primary N) is 2. The lowest BCUT2D eigenvalue weighted by molar-refractivity contribution is -0.139. The van der Waals surface area contributed by atoms with Crippen molar-refractivity contribution < 1.29 is 24.2 Å². The minimum absolute atomic E-state index is 0.0623. The number of carboxylic acids is 1. The Hall–Kier alpha value is -3.68. The van der Waals surface area contributed by atoms with Crippen LogP contribution in [0.1, 0.15) is 48.5 Å². The molecule has 0 heterocycles. The average Bonchev–Trinajstić information content (AvgIpc) is 3.60. The van der Waals surface area contributed by atoms with E-state index in [0.717, 1.165) is 12.0 Å². The number of Topliss-reactive ketones (excluding diaryl/α,β-unsaturated/α-hetero) is 1. The molecule has 33 heavy (non-hydrogen) atoms. The van der Waals surface area contributed by atoms with Crippen molar-refractivity contribution in [2.75, 3.05) is 0 Å². The van der Waals surface area contributed by atoms with Crippen LogP contribution in [0.2, 0.25) is 0 Å². The Labute approximate surface area is 191 Å². The molecule has 0 aromatic heterocycles. The van der Waals surface area contributed by atoms with Gasteiger partial charge in [0.05, 0.1) is 17.7 Å². The summed E-state index contributed by atoms with van der Waals surface area (Å²) in [4.78, 5) is 39.8. The van der Waals surface area contributed by atoms with Gasteiger partial charge in [-0.3, -0.25) is 9.59 Å². The van der Waals surface area contributed by atoms with E-state index in [-0.39, 0.29) is 29.0 Å². The fourth-order valence-corrected chi connectivity index (χ4v) is 5.03. The average molecular weight is 450 g/mol. The molecule has 0 aliphatic heterocycles. The second kappa shape index (κ2) is 8.35. The lowest BCUT2D eigenvalue weighted by atomic mass is 9.83. The first kappa shape index (κ1) is 22.5. The van der Waals surface area contributed by atoms with E-state index in [1.54, 1.807) is 36.4 Å². The number of aliphatic carboxylic acids is 1. The molecule has 4 rings (SSSR count). The maximum Gasteiger partial charge on any atom is 0.343 e. The Morgan fingerprint density at radius 3 is 2.30 bits per heavy atom. The Bertz CT molecular complexity index is 1120. The van der Waals surface area contributed by atoms with Crippen LogP contribution in [0.3, 0.4) is 0 Å². The van der Waals surface area contributed by atoms with Crippen LogP contribution in [0.4, 0.5) is 5.69 Å². The Balaban J connectivity index is 1.25. The summed E-state index contributed by atoms with van der Waals surface area (Å²) in [6, 6.07) is 13.5. The first-order valence-corrected chi connectivity index (χ1v) is 10.9. The summed E-state index contributed by atoms with van der Waals surface area (Å²) >= 11 is 0. The summed E-state index contributed by atoms with van der Waals surface area (Å²) in [7, 11) is 0. The maximum atomic E-state index is 12.5. The minimum atomic E-state index is -0.791. The monoisotopic (exact) mass is 449 g/mol. The Morgan fingerprint density at radius 2 is 1.73 bits per heavy atom. The number of fused-ring (bicyclic) bond motifs is 1. The van der Waals surface area contributed by atoms with Gasteiger partial charge in [-0.25, -0.2) is 9.79 Å². The fraction of sp³-hybridized carbons (Fsp3) is 0.360. The van der Waals surface area contributed by atoms with Gasteiger partial charge >= 0.3 is 11.9 Å². The molecular weight excluding hydrogens is 422 g/mol. The van der Waals surface area contributed by atoms with Gasteiger partial charge in [0.1, 0.15) is 11.5 Å². The van der Waals surface area contributed by atoms with Crippen molar-refractivity contribution in [1.29, 1.82) is 0 Å². The largest absolute Gasteiger partial charge is 0.481 e. The molecule has 0 radical (unpaired) electrons. The number of rotatable bonds is 10. The normalized spacial score (nSPS) is 24.3. The zero-order valence-corrected chi connectivity index (χ0v) is 18.4. The van der Waals surface area contributed by atoms with Crippen molar-refractivity contribution in [2.45, 2.75) is 39.0 Å². The highest BCUT2D eigenvalue weighted by atomic mass is 16.5. The van der Waals surface area contributed by atoms with Crippen LogP contribution < -0.4 is 16.2 Å². The van der Waals surface area contributed by atoms with Crippen molar-refractivity contribution in [2.24, 2.45) is 33.2 Å². The van der Waals surface area contributed by atoms with Crippen LogP contribution in [0, 0.1) is 16.7 Å². The van der Waals surface area contributed by atoms with Crippen LogP contribution in [0.5, 0.6) is 5.75 Å². The van der Waals surface area contributed by atoms with Crippen molar-refractivity contribution >= 4 is 29.4 Å². The molecule has 0 saturated heterocycles. The number of carbonyl (C=O) groups excluding carboxylic acids is 2. The second-order valence-electron chi connectivity index (χ2n) is 9.23. The molecule has 2 aliphatic carbocycles. The number of nitrogens with zero attached hydrogens (tertiary/aromatic N) is 1. The van der Waals surface area contributed by atoms with Gasteiger partial charge in [-0.15, -0.1) is 0 Å². The SMILES string of the molecule is CC1(CC(=O)O)C2CC21CC(=O)CCc1ccc(OC(=O)c2ccc(N=C(N)N)cc2)cc1. The summed E-state index contributed by atoms with van der Waals surface area (Å²) in [6.07, 6.45) is 2.60. The number of hydrogen-bond acceptors (Lipinski definition) is 5. The number of hydrogen-bond donors (Lipinski definition) is 3. The summed E-state index contributed by atoms with van der Waals surface area (Å²) in [5, 5.41) is 9.08. The molecule has 5 N–H and O–H groups in total. The molecule has 2 saturated carbocycles. The molecular formula is C25H27N3O5. The summed E-state index contributed by atoms with van der Waals surface area (Å²) in [5.41, 5.74) is 12.3. The number of carboxylic acid groups (broad SMARTS) is 1. The van der Waals surface area contributed by atoms with Gasteiger partial charge < -0.3 is 21.3 Å². The van der Waals surface area contributed by atoms with Crippen LogP contribution >= 0.6 is 0 Å². The van der Waals surface area contributed by atoms with Crippen molar-refractivity contribution in [1.82, 2.24) is 0 Å². The van der Waals surface area contributed by atoms with Crippen molar-refractivity contribution in [3.63, 3.8) is 0 Å². The minimum Gasteiger partial charge on any atom is -0.481 e. The lowest BCUT2D eigenvalue weighted by Gasteiger charge is -2.20. The predicted octanol–water partition coefficient (Wildman–Crippen LogP) is 3.20. The van der Waals surface area contributed by atoms with E-state index in [2.05, 4.69) is 4.99 Å². The smallest absolute Gasteiger partial charge is 0.343 e. The van der Waals surface area contributed by atoms with Crippen LogP contribution in [0.25, 0.3) is 0 Å². The fourth-order valence-electron chi connectivity index (χ4n) is 5.03. The molecule has 0 spiro atoms. The number of ketones is 1. The highest BCUT2D eigenvalue weighted by Crippen LogP contribution is 2.90. The van der Waals surface area contributed by atoms with Crippen LogP contribution in [0.15, 0.2) is 53.5 Å². The van der Waals surface area contributed by atoms with Gasteiger partial charge in [-0.2, -0.15) is 0 Å². The highest BCUT2D eigenvalue weighted by Gasteiger charge is 2.86. The molecule has 2 aliphatic rings. The molecule has 2 aromatic rings. The zero-order chi connectivity index (χ0) is 23.8. The van der Waals surface area contributed by atoms with E-state index in [1.165, 1.54) is 0 Å². The van der Waals surface area contributed by atoms with Crippen LogP contribution in [-0.2, 0) is 16.0 Å². The number of esters is 1. The summed E-state index contributed by atoms with van der Waals surface area (Å²) in [5.74, 6) is -0.382. The molecule has 8 nitrogen and oxygen atoms in total. The van der Waals surface area contributed by atoms with E-state index >= 15 is 0 Å². The standard InChI is InChI=1S/C25H27N3O5/c1-24(14-21(30)31)20-13-25(20,24)12-18(29)9-2-15-3-10-19(11-4-15)33-22(32)16-5-7-17(8-6-16)28-23(26)27/h3-8,10-11,20H,2,9,12-14H2,1H3,(H,30,31)(H4,26,27,28). The van der Waals surface area contributed by atoms with E-state index < -0.39 is 11.9 Å². The number of benzene rings is 2. The van der Waals surface area contributed by atoms with Gasteiger partial charge in [0.25, 0.3) is 0 Å². The topological polar surface area (TPSA) is 145 Å². The van der Waals surface area contributed by atoms with Gasteiger partial charge in [0, 0.05) is 12.8 Å². The van der Waals surface area contributed by atoms with Gasteiger partial charge in [-0.1, -0.05) is 19.1 Å². The quantitative estimate of drug-likeness (QED) is 0.218. The van der Waals surface area contributed by atoms with E-state index in [4.69, 9.17) is 21.3 Å². The molecule has 8 heteroatoms. The van der Waals surface area contributed by atoms with E-state index in [1.807, 2.05) is 19.1 Å². The summed E-state index contributed by atoms with van der Waals surface area (Å²) in [6.45, 7) is 1.99. The molecule has 2 aromatic carbocycles. The maximum absolute atomic E-state index is 12.5. The zero-order valence-electron chi connectivity index (χ0n) is 18.4. The number of ether oxygens (including phenoxy) is 1. The van der Waals surface area contributed by atoms with Crippen molar-refractivity contribution in [3.05, 3.63) is 59.7 Å². The lowest BCUT2D eigenvalue weighted by Crippen LogP contribution is -2.21. The van der Waals surface area contributed by atoms with E-state index in [0.29, 0.717) is 42.2 Å². The molecule has 2 fully saturated rings. The predicted molar refractivity (Wildman–Crippen MR) is 122 cm³/mol. The number of aliphatic imine (C=N–C) groups is 1. The molecule has 3 atom stereocenters. The third-order valence-electron chi connectivity index (χ3n) is 7.12. The van der Waals surface area contributed by atoms with Crippen LogP contribution in [-0.4, -0.2) is 28.8 Å². The number of aryl methyl sites for hydroxylation is 1. The van der Waals surface area contributed by atoms with Gasteiger partial charge in [-0.05, 0) is 71.6 Å². The summed E-state index contributed by atoms with van der Waals surface area (Å²) < 4.78 is 5.40. The molecule has 0 bridgehead atoms. The van der Waals surface area contributed by atoms with E-state index in [9.17, 15) is 14.4 Å². The first-order valence-electron chi connectivity index (χ1n) is 10.9. The van der Waals surface area contributed by atoms with Gasteiger partial charge in [0.2, 0.25) is 0 Å². The van der Waals surface area contributed by atoms with Gasteiger partial charge in [0.15, 0.2) is 5.96 Å². The molecule has 0 amide bonds. The Kier molecular flexibility index (Phi) is 5.69. The number of guanidine groups is 1. The third-order valence-corrected chi connectivity index (χ3v) is 7.12. The molecule has 3 unspecified atom stereocenters. The third kappa shape index (κ3) is 4.60. The number of carbonyl (C=O) groups is 3.